The van der Waals surface area contributed by atoms with Gasteiger partial charge in [-0.2, -0.15) is 9.97 Å². The van der Waals surface area contributed by atoms with E-state index in [1.165, 1.54) is 24.9 Å². The number of carbonyl (C=O) groups excluding carboxylic acids is 1. The summed E-state index contributed by atoms with van der Waals surface area (Å²) >= 11 is 0. The van der Waals surface area contributed by atoms with Crippen molar-refractivity contribution in [3.8, 4) is 12.3 Å². The van der Waals surface area contributed by atoms with E-state index in [0.29, 0.717) is 24.2 Å². The number of anilines is 2. The van der Waals surface area contributed by atoms with Crippen LogP contribution in [0.5, 0.6) is 0 Å². The molecule has 0 saturated carbocycles. The van der Waals surface area contributed by atoms with Crippen molar-refractivity contribution in [2.24, 2.45) is 0 Å². The molecule has 232 valence electrons. The van der Waals surface area contributed by atoms with E-state index in [0.717, 1.165) is 12.0 Å². The van der Waals surface area contributed by atoms with Crippen molar-refractivity contribution in [3.05, 3.63) is 42.2 Å². The number of nitrogen functional groups attached to an aromatic ring is 1. The highest BCUT2D eigenvalue weighted by Crippen LogP contribution is 2.47. The second-order valence-electron chi connectivity index (χ2n) is 10.5. The lowest BCUT2D eigenvalue weighted by Crippen LogP contribution is -2.42. The zero-order valence-electron chi connectivity index (χ0n) is 24.5. The number of alkyl halides is 1. The lowest BCUT2D eigenvalue weighted by molar-refractivity contribution is -0.142. The van der Waals surface area contributed by atoms with Gasteiger partial charge in [0, 0.05) is 20.3 Å². The molecule has 6 atom stereocenters. The first-order valence-electron chi connectivity index (χ1n) is 13.7. The topological polar surface area (TPSA) is 167 Å². The summed E-state index contributed by atoms with van der Waals surface area (Å²) in [6.45, 7) is 1.00. The molecule has 2 aromatic heterocycles. The van der Waals surface area contributed by atoms with Gasteiger partial charge in [-0.05, 0) is 31.7 Å². The van der Waals surface area contributed by atoms with Crippen molar-refractivity contribution in [2.45, 2.75) is 56.3 Å². The first kappa shape index (κ1) is 32.3. The predicted octanol–water partition coefficient (Wildman–Crippen LogP) is 2.46. The van der Waals surface area contributed by atoms with Crippen LogP contribution >= 0.6 is 7.52 Å². The number of terminal acetylenes is 1. The second-order valence-corrected chi connectivity index (χ2v) is 12.8. The molecule has 3 aromatic rings. The summed E-state index contributed by atoms with van der Waals surface area (Å²) < 4.78 is 47.9. The van der Waals surface area contributed by atoms with Crippen LogP contribution < -0.4 is 15.7 Å². The highest BCUT2D eigenvalue weighted by Gasteiger charge is 2.58. The molecule has 4 N–H and O–H groups in total. The molecule has 15 heteroatoms. The van der Waals surface area contributed by atoms with E-state index in [-0.39, 0.29) is 17.8 Å². The number of fused-ring (bicyclic) bond motifs is 1. The minimum absolute atomic E-state index is 0.0684. The first-order valence-corrected chi connectivity index (χ1v) is 15.5. The van der Waals surface area contributed by atoms with Crippen LogP contribution in [0.15, 0.2) is 36.7 Å². The Kier molecular flexibility index (Phi) is 10.0. The number of methoxy groups -OCH3 is 1. The van der Waals surface area contributed by atoms with Crippen molar-refractivity contribution in [2.75, 3.05) is 44.6 Å². The number of aryl methyl sites for hydroxylation is 1. The fourth-order valence-electron chi connectivity index (χ4n) is 4.89. The average molecular weight is 618 g/mol. The van der Waals surface area contributed by atoms with Crippen LogP contribution in [-0.4, -0.2) is 88.5 Å². The van der Waals surface area contributed by atoms with Gasteiger partial charge in [-0.3, -0.25) is 13.9 Å². The number of nitrogens with two attached hydrogens (primary N) is 1. The Morgan fingerprint density at radius 3 is 2.72 bits per heavy atom. The number of benzene rings is 1. The number of aliphatic hydroxyl groups excluding tert-OH is 1. The van der Waals surface area contributed by atoms with Crippen LogP contribution in [0.4, 0.5) is 16.2 Å². The van der Waals surface area contributed by atoms with Crippen molar-refractivity contribution in [3.63, 3.8) is 0 Å². The number of esters is 1. The van der Waals surface area contributed by atoms with Crippen molar-refractivity contribution in [1.82, 2.24) is 24.6 Å². The van der Waals surface area contributed by atoms with Gasteiger partial charge < -0.3 is 29.7 Å². The molecule has 0 radical (unpaired) electrons. The lowest BCUT2D eigenvalue weighted by Gasteiger charge is -2.25. The number of hydrogen-bond acceptors (Lipinski definition) is 11. The van der Waals surface area contributed by atoms with Crippen LogP contribution in [0.3, 0.4) is 0 Å². The lowest BCUT2D eigenvalue weighted by atomic mass is 9.97. The summed E-state index contributed by atoms with van der Waals surface area (Å²) in [6.07, 6.45) is 4.11. The van der Waals surface area contributed by atoms with Crippen LogP contribution in [-0.2, 0) is 29.8 Å². The number of unbranched alkanes of at least 4 members (excludes halogenated alkanes) is 1. The molecule has 1 aliphatic rings. The quantitative estimate of drug-likeness (QED) is 0.111. The smallest absolute Gasteiger partial charge is 0.323 e. The standard InChI is InChI=1S/C28H37FN7O6P/c1-6-28(29)22(37)20(42-26(28)36-17-31-21-23(35(3)4)32-27(30)33-24(21)36)16-41-43(39,34-18(2)25(38)40-5)15-11-10-14-19-12-8-7-9-13-19/h1,7-9,12-13,17-18,20,22,26,37H,10-11,14-16H2,2-5H3,(H,34,39)(H2,30,32,33)/t18-,20-,22-,26-,28-,43?/m1/s1. The van der Waals surface area contributed by atoms with E-state index in [4.69, 9.17) is 26.2 Å². The summed E-state index contributed by atoms with van der Waals surface area (Å²) in [5.41, 5.74) is 4.75. The fraction of sp³-hybridized carbons (Fsp3) is 0.500. The number of aromatic nitrogens is 4. The number of ether oxygens (including phenoxy) is 2. The maximum atomic E-state index is 16.2. The largest absolute Gasteiger partial charge is 0.468 e. The minimum Gasteiger partial charge on any atom is -0.468 e. The minimum atomic E-state index is -3.71. The molecular weight excluding hydrogens is 580 g/mol. The van der Waals surface area contributed by atoms with Gasteiger partial charge in [-0.25, -0.2) is 14.5 Å². The molecule has 1 unspecified atom stereocenters. The third kappa shape index (κ3) is 6.98. The molecule has 1 aliphatic heterocycles. The number of imidazole rings is 1. The normalized spacial score (nSPS) is 23.9. The van der Waals surface area contributed by atoms with Gasteiger partial charge >= 0.3 is 5.97 Å². The van der Waals surface area contributed by atoms with Gasteiger partial charge in [0.15, 0.2) is 23.2 Å². The van der Waals surface area contributed by atoms with Gasteiger partial charge in [0.25, 0.3) is 7.52 Å². The number of nitrogens with one attached hydrogen (secondary N) is 1. The molecule has 1 aromatic carbocycles. The zero-order valence-corrected chi connectivity index (χ0v) is 25.4. The van der Waals surface area contributed by atoms with Crippen LogP contribution in [0.2, 0.25) is 0 Å². The van der Waals surface area contributed by atoms with Gasteiger partial charge in [0.05, 0.1) is 20.0 Å². The first-order chi connectivity index (χ1) is 20.4. The Bertz CT molecular complexity index is 1520. The van der Waals surface area contributed by atoms with Crippen molar-refractivity contribution < 1.29 is 32.9 Å². The van der Waals surface area contributed by atoms with Gasteiger partial charge in [-0.1, -0.05) is 36.3 Å². The second kappa shape index (κ2) is 13.4. The molecule has 1 saturated heterocycles. The summed E-state index contributed by atoms with van der Waals surface area (Å²) in [7, 11) is 0.975. The van der Waals surface area contributed by atoms with E-state index in [2.05, 4.69) is 20.0 Å². The Morgan fingerprint density at radius 2 is 2.07 bits per heavy atom. The Labute approximate surface area is 249 Å². The number of rotatable bonds is 13. The average Bonchev–Trinajstić information content (AvgIpc) is 3.51. The molecule has 0 aliphatic carbocycles. The van der Waals surface area contributed by atoms with Gasteiger partial charge in [0.1, 0.15) is 18.2 Å². The molecule has 13 nitrogen and oxygen atoms in total. The Hall–Kier alpha value is -3.60. The zero-order chi connectivity index (χ0) is 31.4. The molecule has 3 heterocycles. The molecule has 0 bridgehead atoms. The van der Waals surface area contributed by atoms with Gasteiger partial charge in [-0.15, -0.1) is 6.42 Å². The third-order valence-electron chi connectivity index (χ3n) is 7.17. The number of halogens is 1. The number of aliphatic hydroxyl groups is 1. The molecule has 1 fully saturated rings. The molecular formula is C28H37FN7O6P. The molecule has 0 spiro atoms. The van der Waals surface area contributed by atoms with Crippen molar-refractivity contribution >= 4 is 36.4 Å². The summed E-state index contributed by atoms with van der Waals surface area (Å²) in [5.74, 6) is 1.68. The summed E-state index contributed by atoms with van der Waals surface area (Å²) in [6, 6.07) is 8.87. The van der Waals surface area contributed by atoms with Crippen LogP contribution in [0.25, 0.3) is 11.2 Å². The van der Waals surface area contributed by atoms with E-state index < -0.39 is 50.2 Å². The van der Waals surface area contributed by atoms with Crippen molar-refractivity contribution in [1.29, 1.82) is 0 Å². The number of carbonyl (C=O) groups is 1. The monoisotopic (exact) mass is 617 g/mol. The SMILES string of the molecule is C#C[C@@]1(F)[C@H](O)[C@@H](COP(=O)(CCCCc2ccccc2)N[C@H](C)C(=O)OC)O[C@H]1n1cnc2c(N(C)C)nc(N)nc21. The highest BCUT2D eigenvalue weighted by molar-refractivity contribution is 7.56. The number of hydrogen-bond donors (Lipinski definition) is 3. The molecule has 43 heavy (non-hydrogen) atoms. The summed E-state index contributed by atoms with van der Waals surface area (Å²) in [4.78, 5) is 26.4. The van der Waals surface area contributed by atoms with E-state index >= 15 is 4.39 Å². The maximum Gasteiger partial charge on any atom is 0.323 e. The van der Waals surface area contributed by atoms with E-state index in [1.807, 2.05) is 36.3 Å². The fourth-order valence-corrected chi connectivity index (χ4v) is 6.95. The van der Waals surface area contributed by atoms with E-state index in [9.17, 15) is 14.5 Å². The highest BCUT2D eigenvalue weighted by atomic mass is 31.2. The van der Waals surface area contributed by atoms with Gasteiger partial charge in [0.2, 0.25) is 11.6 Å². The predicted molar refractivity (Wildman–Crippen MR) is 159 cm³/mol. The molecule has 4 rings (SSSR count). The van der Waals surface area contributed by atoms with E-state index in [1.54, 1.807) is 19.0 Å². The Morgan fingerprint density at radius 1 is 1.35 bits per heavy atom. The van der Waals surface area contributed by atoms with Crippen LogP contribution in [0.1, 0.15) is 31.6 Å². The molecule has 0 amide bonds. The summed E-state index contributed by atoms with van der Waals surface area (Å²) in [5, 5.41) is 13.7. The third-order valence-corrected chi connectivity index (χ3v) is 9.42. The number of nitrogens with zero attached hydrogens (tertiary/aromatic N) is 5. The maximum absolute atomic E-state index is 16.2. The Balaban J connectivity index is 1.53. The van der Waals surface area contributed by atoms with Crippen LogP contribution in [0, 0.1) is 12.3 Å².